The summed E-state index contributed by atoms with van der Waals surface area (Å²) in [5.41, 5.74) is 0.578. The number of carbonyl (C=O) groups excluding carboxylic acids is 1. The van der Waals surface area contributed by atoms with Gasteiger partial charge in [0.15, 0.2) is 17.3 Å². The van der Waals surface area contributed by atoms with Crippen molar-refractivity contribution >= 4 is 5.78 Å². The summed E-state index contributed by atoms with van der Waals surface area (Å²) in [6.45, 7) is 0. The van der Waals surface area contributed by atoms with Crippen molar-refractivity contribution in [2.24, 2.45) is 0 Å². The molecule has 0 aliphatic heterocycles. The third-order valence-electron chi connectivity index (χ3n) is 2.30. The van der Waals surface area contributed by atoms with Gasteiger partial charge in [-0.1, -0.05) is 36.4 Å². The van der Waals surface area contributed by atoms with Crippen molar-refractivity contribution in [1.82, 2.24) is 0 Å². The van der Waals surface area contributed by atoms with Crippen LogP contribution in [0.15, 0.2) is 48.5 Å². The maximum Gasteiger partial charge on any atom is 0.196 e. The molecule has 0 heterocycles. The smallest absolute Gasteiger partial charge is 0.196 e. The summed E-state index contributed by atoms with van der Waals surface area (Å²) in [5, 5.41) is 18.9. The summed E-state index contributed by atoms with van der Waals surface area (Å²) in [4.78, 5) is 11.9. The van der Waals surface area contributed by atoms with Crippen molar-refractivity contribution in [2.45, 2.75) is 0 Å². The summed E-state index contributed by atoms with van der Waals surface area (Å²) in [6, 6.07) is 12.9. The third kappa shape index (κ3) is 1.75. The number of rotatable bonds is 2. The lowest BCUT2D eigenvalue weighted by molar-refractivity contribution is 0.103. The fourth-order valence-corrected chi connectivity index (χ4v) is 1.46. The molecule has 0 aromatic heterocycles. The first-order valence-corrected chi connectivity index (χ1v) is 4.81. The van der Waals surface area contributed by atoms with E-state index < -0.39 is 0 Å². The molecular formula is C13H10O3. The van der Waals surface area contributed by atoms with E-state index in [2.05, 4.69) is 0 Å². The lowest BCUT2D eigenvalue weighted by Crippen LogP contribution is -2.01. The Morgan fingerprint density at radius 2 is 1.56 bits per heavy atom. The molecule has 3 nitrogen and oxygen atoms in total. The Bertz CT molecular complexity index is 518. The molecule has 0 aliphatic rings. The van der Waals surface area contributed by atoms with E-state index in [0.29, 0.717) is 5.56 Å². The molecule has 16 heavy (non-hydrogen) atoms. The van der Waals surface area contributed by atoms with E-state index in [1.165, 1.54) is 18.2 Å². The van der Waals surface area contributed by atoms with Gasteiger partial charge < -0.3 is 10.2 Å². The third-order valence-corrected chi connectivity index (χ3v) is 2.30. The van der Waals surface area contributed by atoms with Gasteiger partial charge >= 0.3 is 0 Å². The minimum atomic E-state index is -0.378. The summed E-state index contributed by atoms with van der Waals surface area (Å²) in [5.74, 6) is -0.980. The molecule has 0 atom stereocenters. The van der Waals surface area contributed by atoms with Crippen LogP contribution in [0.5, 0.6) is 11.5 Å². The van der Waals surface area contributed by atoms with Crippen LogP contribution in [0.2, 0.25) is 0 Å². The molecular weight excluding hydrogens is 204 g/mol. The number of benzene rings is 2. The zero-order valence-corrected chi connectivity index (χ0v) is 8.42. The molecule has 80 valence electrons. The van der Waals surface area contributed by atoms with Gasteiger partial charge in [-0.15, -0.1) is 0 Å². The number of para-hydroxylation sites is 1. The summed E-state index contributed by atoms with van der Waals surface area (Å²) < 4.78 is 0. The molecule has 0 bridgehead atoms. The lowest BCUT2D eigenvalue weighted by atomic mass is 10.0. The van der Waals surface area contributed by atoms with Crippen molar-refractivity contribution in [3.05, 3.63) is 59.7 Å². The van der Waals surface area contributed by atoms with Gasteiger partial charge in [-0.3, -0.25) is 4.79 Å². The van der Waals surface area contributed by atoms with E-state index in [9.17, 15) is 15.0 Å². The number of phenols is 2. The molecule has 0 amide bonds. The van der Waals surface area contributed by atoms with Crippen molar-refractivity contribution in [2.75, 3.05) is 0 Å². The van der Waals surface area contributed by atoms with Gasteiger partial charge in [0.05, 0.1) is 5.56 Å². The van der Waals surface area contributed by atoms with Gasteiger partial charge in [-0.05, 0) is 12.1 Å². The monoisotopic (exact) mass is 214 g/mol. The Morgan fingerprint density at radius 3 is 2.25 bits per heavy atom. The largest absolute Gasteiger partial charge is 0.504 e. The Labute approximate surface area is 92.6 Å². The number of aromatic hydroxyl groups is 2. The molecule has 2 aromatic rings. The van der Waals surface area contributed by atoms with E-state index >= 15 is 0 Å². The fraction of sp³-hybridized carbons (Fsp3) is 0. The number of hydrogen-bond acceptors (Lipinski definition) is 3. The molecule has 0 spiro atoms. The van der Waals surface area contributed by atoms with Gasteiger partial charge in [0.1, 0.15) is 0 Å². The zero-order valence-electron chi connectivity index (χ0n) is 8.42. The Hall–Kier alpha value is -2.29. The average molecular weight is 214 g/mol. The zero-order chi connectivity index (χ0) is 11.5. The van der Waals surface area contributed by atoms with E-state index in [1.807, 2.05) is 0 Å². The molecule has 0 unspecified atom stereocenters. The van der Waals surface area contributed by atoms with Gasteiger partial charge in [0.2, 0.25) is 0 Å². The standard InChI is InChI=1S/C13H10O3/c14-11-8-4-7-10(13(11)16)12(15)9-5-2-1-3-6-9/h1-8,14,16H. The number of ketones is 1. The van der Waals surface area contributed by atoms with Crippen LogP contribution in [-0.4, -0.2) is 16.0 Å². The average Bonchev–Trinajstić information content (AvgIpc) is 2.33. The summed E-state index contributed by atoms with van der Waals surface area (Å²) >= 11 is 0. The highest BCUT2D eigenvalue weighted by molar-refractivity contribution is 6.11. The predicted molar refractivity (Wildman–Crippen MR) is 59.6 cm³/mol. The minimum absolute atomic E-state index is 0.103. The molecule has 0 saturated heterocycles. The molecule has 0 aliphatic carbocycles. The van der Waals surface area contributed by atoms with Crippen LogP contribution in [0.3, 0.4) is 0 Å². The molecule has 0 radical (unpaired) electrons. The number of phenolic OH excluding ortho intramolecular Hbond substituents is 2. The van der Waals surface area contributed by atoms with E-state index in [-0.39, 0.29) is 22.8 Å². The maximum atomic E-state index is 11.9. The second-order valence-corrected chi connectivity index (χ2v) is 3.37. The SMILES string of the molecule is O=C(c1ccccc1)c1cccc(O)c1O. The maximum absolute atomic E-state index is 11.9. The first-order chi connectivity index (χ1) is 7.70. The Balaban J connectivity index is 2.46. The topological polar surface area (TPSA) is 57.5 Å². The lowest BCUT2D eigenvalue weighted by Gasteiger charge is -2.04. The van der Waals surface area contributed by atoms with Gasteiger partial charge in [-0.2, -0.15) is 0 Å². The summed E-state index contributed by atoms with van der Waals surface area (Å²) in [6.07, 6.45) is 0. The van der Waals surface area contributed by atoms with Crippen molar-refractivity contribution in [3.8, 4) is 11.5 Å². The van der Waals surface area contributed by atoms with Crippen LogP contribution in [0.1, 0.15) is 15.9 Å². The first-order valence-electron chi connectivity index (χ1n) is 4.81. The number of carbonyl (C=O) groups is 1. The number of hydrogen-bond donors (Lipinski definition) is 2. The van der Waals surface area contributed by atoms with Gasteiger partial charge in [-0.25, -0.2) is 0 Å². The van der Waals surface area contributed by atoms with Crippen LogP contribution in [0.25, 0.3) is 0 Å². The normalized spacial score (nSPS) is 10.0. The summed E-state index contributed by atoms with van der Waals surface area (Å²) in [7, 11) is 0. The minimum Gasteiger partial charge on any atom is -0.504 e. The van der Waals surface area contributed by atoms with E-state index in [1.54, 1.807) is 30.3 Å². The van der Waals surface area contributed by atoms with E-state index in [0.717, 1.165) is 0 Å². The van der Waals surface area contributed by atoms with Gasteiger partial charge in [0, 0.05) is 5.56 Å². The van der Waals surface area contributed by atoms with Crippen molar-refractivity contribution < 1.29 is 15.0 Å². The fourth-order valence-electron chi connectivity index (χ4n) is 1.46. The predicted octanol–water partition coefficient (Wildman–Crippen LogP) is 2.33. The molecule has 0 saturated carbocycles. The highest BCUT2D eigenvalue weighted by atomic mass is 16.3. The van der Waals surface area contributed by atoms with Gasteiger partial charge in [0.25, 0.3) is 0 Å². The quantitative estimate of drug-likeness (QED) is 0.595. The highest BCUT2D eigenvalue weighted by Crippen LogP contribution is 2.29. The molecule has 2 aromatic carbocycles. The van der Waals surface area contributed by atoms with Crippen molar-refractivity contribution in [1.29, 1.82) is 0 Å². The van der Waals surface area contributed by atoms with Crippen LogP contribution >= 0.6 is 0 Å². The van der Waals surface area contributed by atoms with E-state index in [4.69, 9.17) is 0 Å². The Kier molecular flexibility index (Phi) is 2.60. The molecule has 0 fully saturated rings. The van der Waals surface area contributed by atoms with Crippen LogP contribution in [-0.2, 0) is 0 Å². The molecule has 3 heteroatoms. The van der Waals surface area contributed by atoms with Crippen LogP contribution < -0.4 is 0 Å². The van der Waals surface area contributed by atoms with Crippen LogP contribution in [0, 0.1) is 0 Å². The Morgan fingerprint density at radius 1 is 0.875 bits per heavy atom. The molecule has 2 N–H and O–H groups in total. The second kappa shape index (κ2) is 4.06. The first kappa shape index (κ1) is 10.2. The second-order valence-electron chi connectivity index (χ2n) is 3.37. The highest BCUT2D eigenvalue weighted by Gasteiger charge is 2.14. The van der Waals surface area contributed by atoms with Crippen molar-refractivity contribution in [3.63, 3.8) is 0 Å². The molecule has 2 rings (SSSR count). The van der Waals surface area contributed by atoms with Crippen LogP contribution in [0.4, 0.5) is 0 Å².